The Morgan fingerprint density at radius 2 is 1.80 bits per heavy atom. The molecule has 1 atom stereocenters. The minimum Gasteiger partial charge on any atom is -0.491 e. The second-order valence-electron chi connectivity index (χ2n) is 6.11. The Kier molecular flexibility index (Phi) is 4.55. The predicted octanol–water partition coefficient (Wildman–Crippen LogP) is 3.59. The molecule has 5 nitrogen and oxygen atoms in total. The van der Waals surface area contributed by atoms with Crippen molar-refractivity contribution in [1.82, 2.24) is 15.2 Å². The molecule has 0 N–H and O–H groups in total. The number of nitrogens with zero attached hydrogens (tertiary/aromatic N) is 4. The fourth-order valence-electron chi connectivity index (χ4n) is 3.15. The lowest BCUT2D eigenvalue weighted by Crippen LogP contribution is -2.34. The molecule has 0 aliphatic carbocycles. The van der Waals surface area contributed by atoms with Gasteiger partial charge in [-0.1, -0.05) is 24.3 Å². The molecular formula is C20H20N4O. The van der Waals surface area contributed by atoms with Crippen molar-refractivity contribution in [3.63, 3.8) is 0 Å². The first-order chi connectivity index (χ1) is 12.4. The van der Waals surface area contributed by atoms with Gasteiger partial charge in [-0.05, 0) is 49.2 Å². The van der Waals surface area contributed by atoms with E-state index in [2.05, 4.69) is 20.1 Å². The largest absolute Gasteiger partial charge is 0.491 e. The molecule has 2 aromatic heterocycles. The van der Waals surface area contributed by atoms with E-state index in [1.807, 2.05) is 60.7 Å². The zero-order valence-corrected chi connectivity index (χ0v) is 14.0. The van der Waals surface area contributed by atoms with Crippen molar-refractivity contribution in [3.05, 3.63) is 66.9 Å². The number of anilines is 1. The van der Waals surface area contributed by atoms with Crippen molar-refractivity contribution in [3.8, 4) is 17.1 Å². The zero-order chi connectivity index (χ0) is 16.9. The van der Waals surface area contributed by atoms with Crippen LogP contribution in [0.4, 0.5) is 5.82 Å². The third kappa shape index (κ3) is 3.60. The quantitative estimate of drug-likeness (QED) is 0.715. The van der Waals surface area contributed by atoms with E-state index < -0.39 is 0 Å². The van der Waals surface area contributed by atoms with Crippen LogP contribution in [0.1, 0.15) is 12.8 Å². The Labute approximate surface area is 147 Å². The molecule has 0 saturated carbocycles. The lowest BCUT2D eigenvalue weighted by atomic mass is 10.2. The molecule has 1 aliphatic rings. The van der Waals surface area contributed by atoms with Gasteiger partial charge in [-0.15, -0.1) is 10.2 Å². The number of pyridine rings is 1. The minimum atomic E-state index is 0.329. The van der Waals surface area contributed by atoms with E-state index >= 15 is 0 Å². The van der Waals surface area contributed by atoms with Gasteiger partial charge in [0.25, 0.3) is 0 Å². The van der Waals surface area contributed by atoms with Crippen LogP contribution in [0, 0.1) is 0 Å². The number of rotatable bonds is 5. The van der Waals surface area contributed by atoms with E-state index in [-0.39, 0.29) is 0 Å². The van der Waals surface area contributed by atoms with Crippen LogP contribution in [0.3, 0.4) is 0 Å². The van der Waals surface area contributed by atoms with Gasteiger partial charge in [-0.3, -0.25) is 4.98 Å². The maximum atomic E-state index is 5.93. The van der Waals surface area contributed by atoms with E-state index in [0.717, 1.165) is 42.3 Å². The Hall–Kier alpha value is -2.95. The second kappa shape index (κ2) is 7.30. The van der Waals surface area contributed by atoms with Crippen molar-refractivity contribution in [2.24, 2.45) is 0 Å². The van der Waals surface area contributed by atoms with E-state index in [1.165, 1.54) is 0 Å². The van der Waals surface area contributed by atoms with Gasteiger partial charge < -0.3 is 9.64 Å². The normalized spacial score (nSPS) is 16.8. The Morgan fingerprint density at radius 3 is 2.56 bits per heavy atom. The summed E-state index contributed by atoms with van der Waals surface area (Å²) in [5.41, 5.74) is 1.63. The number of ether oxygens (including phenoxy) is 1. The van der Waals surface area contributed by atoms with Crippen LogP contribution in [0.2, 0.25) is 0 Å². The predicted molar refractivity (Wildman–Crippen MR) is 97.6 cm³/mol. The molecule has 1 saturated heterocycles. The molecule has 0 unspecified atom stereocenters. The second-order valence-corrected chi connectivity index (χ2v) is 6.11. The fourth-order valence-corrected chi connectivity index (χ4v) is 3.15. The molecule has 25 heavy (non-hydrogen) atoms. The van der Waals surface area contributed by atoms with Gasteiger partial charge in [-0.2, -0.15) is 0 Å². The SMILES string of the molecule is c1ccc(OC[C@H]2CCCN2c2ccc(-c3ccccn3)nn2)cc1. The molecule has 0 spiro atoms. The van der Waals surface area contributed by atoms with Gasteiger partial charge in [0, 0.05) is 12.7 Å². The van der Waals surface area contributed by atoms with Gasteiger partial charge in [0.05, 0.1) is 11.7 Å². The Bertz CT molecular complexity index is 793. The fraction of sp³-hybridized carbons (Fsp3) is 0.250. The zero-order valence-electron chi connectivity index (χ0n) is 14.0. The van der Waals surface area contributed by atoms with Crippen LogP contribution >= 0.6 is 0 Å². The maximum absolute atomic E-state index is 5.93. The van der Waals surface area contributed by atoms with Crippen LogP contribution in [-0.2, 0) is 0 Å². The molecule has 1 fully saturated rings. The van der Waals surface area contributed by atoms with E-state index in [4.69, 9.17) is 4.74 Å². The summed E-state index contributed by atoms with van der Waals surface area (Å²) < 4.78 is 5.93. The van der Waals surface area contributed by atoms with Gasteiger partial charge >= 0.3 is 0 Å². The van der Waals surface area contributed by atoms with Crippen molar-refractivity contribution in [2.45, 2.75) is 18.9 Å². The minimum absolute atomic E-state index is 0.329. The molecule has 1 aliphatic heterocycles. The summed E-state index contributed by atoms with van der Waals surface area (Å²) in [7, 11) is 0. The molecule has 0 radical (unpaired) electrons. The topological polar surface area (TPSA) is 51.1 Å². The first-order valence-corrected chi connectivity index (χ1v) is 8.60. The molecule has 0 amide bonds. The highest BCUT2D eigenvalue weighted by atomic mass is 16.5. The van der Waals surface area contributed by atoms with E-state index in [1.54, 1.807) is 6.20 Å². The number of para-hydroxylation sites is 1. The molecule has 1 aromatic carbocycles. The smallest absolute Gasteiger partial charge is 0.151 e. The summed E-state index contributed by atoms with van der Waals surface area (Å²) in [6.07, 6.45) is 4.02. The average molecular weight is 332 g/mol. The highest BCUT2D eigenvalue weighted by Crippen LogP contribution is 2.25. The van der Waals surface area contributed by atoms with Crippen LogP contribution < -0.4 is 9.64 Å². The summed E-state index contributed by atoms with van der Waals surface area (Å²) >= 11 is 0. The number of aromatic nitrogens is 3. The maximum Gasteiger partial charge on any atom is 0.151 e. The molecule has 0 bridgehead atoms. The molecule has 3 aromatic rings. The van der Waals surface area contributed by atoms with Gasteiger partial charge in [-0.25, -0.2) is 0 Å². The summed E-state index contributed by atoms with van der Waals surface area (Å²) in [6.45, 7) is 1.65. The summed E-state index contributed by atoms with van der Waals surface area (Å²) in [5.74, 6) is 1.81. The van der Waals surface area contributed by atoms with Crippen LogP contribution in [0.5, 0.6) is 5.75 Å². The molecule has 5 heteroatoms. The van der Waals surface area contributed by atoms with Crippen LogP contribution in [0.25, 0.3) is 11.4 Å². The number of hydrogen-bond acceptors (Lipinski definition) is 5. The number of benzene rings is 1. The third-order valence-electron chi connectivity index (χ3n) is 4.43. The monoisotopic (exact) mass is 332 g/mol. The van der Waals surface area contributed by atoms with Crippen molar-refractivity contribution < 1.29 is 4.74 Å². The van der Waals surface area contributed by atoms with E-state index in [0.29, 0.717) is 12.6 Å². The standard InChI is InChI=1S/C20H20N4O/c1-2-8-17(9-3-1)25-15-16-7-6-14-24(16)20-12-11-19(22-23-20)18-10-4-5-13-21-18/h1-5,8-13,16H,6-7,14-15H2/t16-/m1/s1. The lowest BCUT2D eigenvalue weighted by molar-refractivity contribution is 0.288. The molecule has 4 rings (SSSR count). The summed E-state index contributed by atoms with van der Waals surface area (Å²) in [5, 5.41) is 8.77. The van der Waals surface area contributed by atoms with Gasteiger partial charge in [0.1, 0.15) is 18.1 Å². The first-order valence-electron chi connectivity index (χ1n) is 8.60. The van der Waals surface area contributed by atoms with Gasteiger partial charge in [0.2, 0.25) is 0 Å². The highest BCUT2D eigenvalue weighted by molar-refractivity contribution is 5.55. The van der Waals surface area contributed by atoms with Crippen LogP contribution in [-0.4, -0.2) is 34.4 Å². The molecule has 126 valence electrons. The van der Waals surface area contributed by atoms with Gasteiger partial charge in [0.15, 0.2) is 5.82 Å². The molecule has 3 heterocycles. The summed E-state index contributed by atoms with van der Waals surface area (Å²) in [6, 6.07) is 20.1. The first kappa shape index (κ1) is 15.6. The third-order valence-corrected chi connectivity index (χ3v) is 4.43. The summed E-state index contributed by atoms with van der Waals surface area (Å²) in [4.78, 5) is 6.61. The molecular weight excluding hydrogens is 312 g/mol. The average Bonchev–Trinajstić information content (AvgIpc) is 3.17. The Balaban J connectivity index is 1.45. The van der Waals surface area contributed by atoms with Crippen molar-refractivity contribution in [2.75, 3.05) is 18.1 Å². The van der Waals surface area contributed by atoms with E-state index in [9.17, 15) is 0 Å². The van der Waals surface area contributed by atoms with Crippen molar-refractivity contribution in [1.29, 1.82) is 0 Å². The number of hydrogen-bond donors (Lipinski definition) is 0. The van der Waals surface area contributed by atoms with Crippen molar-refractivity contribution >= 4 is 5.82 Å². The lowest BCUT2D eigenvalue weighted by Gasteiger charge is -2.25. The Morgan fingerprint density at radius 1 is 0.920 bits per heavy atom. The van der Waals surface area contributed by atoms with Crippen LogP contribution in [0.15, 0.2) is 66.9 Å². The highest BCUT2D eigenvalue weighted by Gasteiger charge is 2.26.